The number of aryl methyl sites for hydroxylation is 1. The zero-order chi connectivity index (χ0) is 18.4. The third-order valence-corrected chi connectivity index (χ3v) is 6.94. The summed E-state index contributed by atoms with van der Waals surface area (Å²) >= 11 is 0. The fourth-order valence-corrected chi connectivity index (χ4v) is 5.12. The van der Waals surface area contributed by atoms with Crippen molar-refractivity contribution in [3.05, 3.63) is 96.1 Å². The molecule has 0 aliphatic heterocycles. The Labute approximate surface area is 157 Å². The average Bonchev–Trinajstić information content (AvgIpc) is 2.70. The van der Waals surface area contributed by atoms with E-state index in [1.54, 1.807) is 0 Å². The number of rotatable bonds is 7. The molecular weight excluding hydrogens is 337 g/mol. The van der Waals surface area contributed by atoms with Crippen LogP contribution >= 0.6 is 7.92 Å². The molecule has 3 heteroatoms. The second kappa shape index (κ2) is 9.09. The summed E-state index contributed by atoms with van der Waals surface area (Å²) in [6.07, 6.45) is 0.329. The smallest absolute Gasteiger partial charge is 0.0940 e. The third-order valence-electron chi connectivity index (χ3n) is 4.60. The van der Waals surface area contributed by atoms with Gasteiger partial charge >= 0.3 is 0 Å². The van der Waals surface area contributed by atoms with Gasteiger partial charge in [0.15, 0.2) is 0 Å². The lowest BCUT2D eigenvalue weighted by molar-refractivity contribution is 0.139. The van der Waals surface area contributed by atoms with Crippen molar-refractivity contribution in [2.75, 3.05) is 6.29 Å². The number of hydrogen-bond acceptors (Lipinski definition) is 2. The first-order valence-electron chi connectivity index (χ1n) is 9.01. The number of aliphatic hydroxyl groups is 1. The quantitative estimate of drug-likeness (QED) is 0.620. The van der Waals surface area contributed by atoms with E-state index in [1.165, 1.54) is 16.2 Å². The molecule has 0 radical (unpaired) electrons. The Morgan fingerprint density at radius 1 is 0.808 bits per heavy atom. The van der Waals surface area contributed by atoms with Crippen LogP contribution in [-0.2, 0) is 0 Å². The molecule has 3 rings (SSSR count). The van der Waals surface area contributed by atoms with E-state index < -0.39 is 14.0 Å². The summed E-state index contributed by atoms with van der Waals surface area (Å²) < 4.78 is 0. The molecule has 0 amide bonds. The lowest BCUT2D eigenvalue weighted by Gasteiger charge is -2.25. The molecule has 0 aliphatic carbocycles. The first-order chi connectivity index (χ1) is 12.6. The van der Waals surface area contributed by atoms with Gasteiger partial charge in [-0.1, -0.05) is 90.5 Å². The van der Waals surface area contributed by atoms with Crippen molar-refractivity contribution >= 4 is 18.5 Å². The van der Waals surface area contributed by atoms with E-state index in [-0.39, 0.29) is 6.04 Å². The lowest BCUT2D eigenvalue weighted by atomic mass is 10.0. The van der Waals surface area contributed by atoms with Crippen molar-refractivity contribution in [2.24, 2.45) is 0 Å². The van der Waals surface area contributed by atoms with Gasteiger partial charge in [-0.3, -0.25) is 0 Å². The first-order valence-corrected chi connectivity index (χ1v) is 10.5. The minimum atomic E-state index is -0.512. The molecule has 0 bridgehead atoms. The minimum Gasteiger partial charge on any atom is -0.387 e. The van der Waals surface area contributed by atoms with E-state index in [4.69, 9.17) is 0 Å². The normalized spacial score (nSPS) is 14.6. The predicted molar refractivity (Wildman–Crippen MR) is 113 cm³/mol. The molecule has 2 nitrogen and oxygen atoms in total. The highest BCUT2D eigenvalue weighted by atomic mass is 31.1. The van der Waals surface area contributed by atoms with Gasteiger partial charge in [0.25, 0.3) is 0 Å². The lowest BCUT2D eigenvalue weighted by Crippen LogP contribution is -2.34. The van der Waals surface area contributed by atoms with E-state index in [2.05, 4.69) is 66.8 Å². The topological polar surface area (TPSA) is 32.3 Å². The summed E-state index contributed by atoms with van der Waals surface area (Å²) in [5.74, 6) is 0. The summed E-state index contributed by atoms with van der Waals surface area (Å²) in [6.45, 7) is 4.16. The highest BCUT2D eigenvalue weighted by Gasteiger charge is 2.19. The van der Waals surface area contributed by atoms with Crippen LogP contribution in [-0.4, -0.2) is 17.4 Å². The molecular formula is C23H26NOP. The molecule has 0 saturated heterocycles. The molecule has 0 aliphatic rings. The van der Waals surface area contributed by atoms with E-state index in [1.807, 2.05) is 37.3 Å². The van der Waals surface area contributed by atoms with Gasteiger partial charge in [-0.05, 0) is 37.9 Å². The monoisotopic (exact) mass is 363 g/mol. The molecule has 26 heavy (non-hydrogen) atoms. The Kier molecular flexibility index (Phi) is 6.57. The van der Waals surface area contributed by atoms with Crippen LogP contribution in [0, 0.1) is 6.92 Å². The van der Waals surface area contributed by atoms with Gasteiger partial charge in [-0.25, -0.2) is 0 Å². The summed E-state index contributed by atoms with van der Waals surface area (Å²) in [7, 11) is -0.512. The molecule has 0 heterocycles. The molecule has 0 spiro atoms. The van der Waals surface area contributed by atoms with E-state index in [9.17, 15) is 5.11 Å². The van der Waals surface area contributed by atoms with Gasteiger partial charge in [-0.2, -0.15) is 0 Å². The van der Waals surface area contributed by atoms with E-state index >= 15 is 0 Å². The van der Waals surface area contributed by atoms with E-state index in [0.717, 1.165) is 11.8 Å². The van der Waals surface area contributed by atoms with Crippen molar-refractivity contribution in [3.63, 3.8) is 0 Å². The fraction of sp³-hybridized carbons (Fsp3) is 0.217. The van der Waals surface area contributed by atoms with Crippen molar-refractivity contribution in [2.45, 2.75) is 26.0 Å². The summed E-state index contributed by atoms with van der Waals surface area (Å²) in [4.78, 5) is 0. The second-order valence-corrected chi connectivity index (χ2v) is 8.81. The Morgan fingerprint density at radius 3 is 1.96 bits per heavy atom. The van der Waals surface area contributed by atoms with Crippen molar-refractivity contribution in [1.29, 1.82) is 0 Å². The number of aliphatic hydroxyl groups excluding tert-OH is 1. The maximum Gasteiger partial charge on any atom is 0.0940 e. The zero-order valence-electron chi connectivity index (χ0n) is 15.3. The van der Waals surface area contributed by atoms with Crippen LogP contribution in [0.4, 0.5) is 0 Å². The van der Waals surface area contributed by atoms with Gasteiger partial charge in [0.05, 0.1) is 6.10 Å². The maximum atomic E-state index is 10.6. The Hall–Kier alpha value is -1.99. The van der Waals surface area contributed by atoms with Gasteiger partial charge < -0.3 is 10.4 Å². The maximum absolute atomic E-state index is 10.6. The predicted octanol–water partition coefficient (Wildman–Crippen LogP) is 4.10. The average molecular weight is 363 g/mol. The molecule has 0 aromatic heterocycles. The Bertz CT molecular complexity index is 789. The fourth-order valence-electron chi connectivity index (χ4n) is 2.95. The van der Waals surface area contributed by atoms with Gasteiger partial charge in [0.1, 0.15) is 0 Å². The highest BCUT2D eigenvalue weighted by molar-refractivity contribution is 7.72. The van der Waals surface area contributed by atoms with Crippen LogP contribution in [0.25, 0.3) is 0 Å². The zero-order valence-corrected chi connectivity index (χ0v) is 16.2. The summed E-state index contributed by atoms with van der Waals surface area (Å²) in [5.41, 5.74) is 2.23. The van der Waals surface area contributed by atoms with E-state index in [0.29, 0.717) is 0 Å². The van der Waals surface area contributed by atoms with Crippen LogP contribution in [0.5, 0.6) is 0 Å². The minimum absolute atomic E-state index is 0.0171. The van der Waals surface area contributed by atoms with Crippen LogP contribution in [0.2, 0.25) is 0 Å². The molecule has 0 saturated carbocycles. The number of hydrogen-bond donors (Lipinski definition) is 2. The van der Waals surface area contributed by atoms with Crippen LogP contribution in [0.3, 0.4) is 0 Å². The van der Waals surface area contributed by atoms with Crippen molar-refractivity contribution in [3.8, 4) is 0 Å². The molecule has 2 N–H and O–H groups in total. The standard InChI is InChI=1S/C23H26NOP/c1-18-13-15-22(16-14-18)26(21-11-7-4-8-12-21)17-24-19(2)23(25)20-9-5-3-6-10-20/h3-16,19,23-25H,17H2,1-2H3/t19-,23-,26-/m0/s1. The van der Waals surface area contributed by atoms with Gasteiger partial charge in [0.2, 0.25) is 0 Å². The summed E-state index contributed by atoms with van der Waals surface area (Å²) in [6, 6.07) is 29.3. The van der Waals surface area contributed by atoms with Crippen LogP contribution in [0.15, 0.2) is 84.9 Å². The number of nitrogens with one attached hydrogen (secondary N) is 1. The second-order valence-electron chi connectivity index (χ2n) is 6.61. The SMILES string of the molecule is Cc1ccc([P@@](CN[C@@H](C)[C@H](O)c2ccccc2)c2ccccc2)cc1. The molecule has 3 aromatic rings. The van der Waals surface area contributed by atoms with Crippen molar-refractivity contribution in [1.82, 2.24) is 5.32 Å². The Balaban J connectivity index is 1.75. The highest BCUT2D eigenvalue weighted by Crippen LogP contribution is 2.32. The molecule has 0 unspecified atom stereocenters. The first kappa shape index (κ1) is 18.8. The van der Waals surface area contributed by atoms with Crippen LogP contribution < -0.4 is 15.9 Å². The third kappa shape index (κ3) is 4.80. The summed E-state index contributed by atoms with van der Waals surface area (Å²) in [5, 5.41) is 16.9. The van der Waals surface area contributed by atoms with Gasteiger partial charge in [0, 0.05) is 12.3 Å². The molecule has 0 fully saturated rings. The van der Waals surface area contributed by atoms with Crippen LogP contribution in [0.1, 0.15) is 24.2 Å². The molecule has 3 aromatic carbocycles. The van der Waals surface area contributed by atoms with Gasteiger partial charge in [-0.15, -0.1) is 0 Å². The molecule has 134 valence electrons. The number of benzene rings is 3. The Morgan fingerprint density at radius 2 is 1.35 bits per heavy atom. The van der Waals surface area contributed by atoms with Crippen molar-refractivity contribution < 1.29 is 5.11 Å². The molecule has 3 atom stereocenters. The largest absolute Gasteiger partial charge is 0.387 e.